The second-order valence-corrected chi connectivity index (χ2v) is 9.83. The third-order valence-corrected chi connectivity index (χ3v) is 7.22. The first-order valence-corrected chi connectivity index (χ1v) is 11.3. The molecule has 4 atom stereocenters. The first-order valence-electron chi connectivity index (χ1n) is 10.9. The van der Waals surface area contributed by atoms with Crippen LogP contribution in [0.2, 0.25) is 5.02 Å². The summed E-state index contributed by atoms with van der Waals surface area (Å²) in [7, 11) is 0. The maximum absolute atomic E-state index is 14.4. The molecule has 0 radical (unpaired) electrons. The Labute approximate surface area is 177 Å². The zero-order valence-corrected chi connectivity index (χ0v) is 18.0. The van der Waals surface area contributed by atoms with Crippen LogP contribution in [0.4, 0.5) is 4.39 Å². The molecule has 2 bridgehead atoms. The summed E-state index contributed by atoms with van der Waals surface area (Å²) in [5.41, 5.74) is 0.0877. The van der Waals surface area contributed by atoms with Crippen LogP contribution in [0, 0.1) is 23.6 Å². The number of hydrogen-bond donors (Lipinski definition) is 0. The number of hydrogen-bond acceptors (Lipinski definition) is 2. The number of nitrogens with zero attached hydrogens (tertiary/aromatic N) is 2. The minimum atomic E-state index is -0.566. The number of carbonyl (C=O) groups is 2. The zero-order chi connectivity index (χ0) is 20.7. The highest BCUT2D eigenvalue weighted by atomic mass is 35.5. The number of piperidine rings is 3. The van der Waals surface area contributed by atoms with Crippen LogP contribution in [0.5, 0.6) is 0 Å². The predicted molar refractivity (Wildman–Crippen MR) is 111 cm³/mol. The fourth-order valence-electron chi connectivity index (χ4n) is 5.65. The van der Waals surface area contributed by atoms with Gasteiger partial charge in [0.1, 0.15) is 5.82 Å². The minimum absolute atomic E-state index is 0.0877. The molecule has 0 aromatic heterocycles. The van der Waals surface area contributed by atoms with Gasteiger partial charge in [0.2, 0.25) is 5.91 Å². The molecule has 158 valence electrons. The van der Waals surface area contributed by atoms with Crippen LogP contribution >= 0.6 is 11.6 Å². The van der Waals surface area contributed by atoms with Gasteiger partial charge in [-0.3, -0.25) is 9.59 Å². The molecular weight excluding hydrogens is 391 g/mol. The van der Waals surface area contributed by atoms with Gasteiger partial charge in [-0.15, -0.1) is 0 Å². The molecule has 6 heteroatoms. The first-order chi connectivity index (χ1) is 13.8. The number of halogens is 2. The minimum Gasteiger partial charge on any atom is -0.338 e. The van der Waals surface area contributed by atoms with E-state index in [1.807, 2.05) is 4.90 Å². The topological polar surface area (TPSA) is 40.6 Å². The first kappa shape index (κ1) is 20.6. The van der Waals surface area contributed by atoms with E-state index in [0.29, 0.717) is 30.5 Å². The molecule has 4 nitrogen and oxygen atoms in total. The van der Waals surface area contributed by atoms with E-state index in [2.05, 4.69) is 18.7 Å². The number of amides is 2. The van der Waals surface area contributed by atoms with Gasteiger partial charge < -0.3 is 9.80 Å². The molecule has 3 heterocycles. The van der Waals surface area contributed by atoms with Crippen molar-refractivity contribution < 1.29 is 14.0 Å². The van der Waals surface area contributed by atoms with Gasteiger partial charge in [-0.05, 0) is 68.1 Å². The second kappa shape index (κ2) is 8.25. The van der Waals surface area contributed by atoms with Crippen molar-refractivity contribution in [1.29, 1.82) is 0 Å². The summed E-state index contributed by atoms with van der Waals surface area (Å²) in [5.74, 6) is 0.595. The normalized spacial score (nSPS) is 29.2. The van der Waals surface area contributed by atoms with Crippen molar-refractivity contribution in [2.75, 3.05) is 13.1 Å². The van der Waals surface area contributed by atoms with Crippen LogP contribution in [0.25, 0.3) is 0 Å². The van der Waals surface area contributed by atoms with E-state index in [0.717, 1.165) is 32.1 Å². The molecule has 1 aromatic rings. The van der Waals surface area contributed by atoms with E-state index in [1.165, 1.54) is 12.1 Å². The number of rotatable bonds is 4. The van der Waals surface area contributed by atoms with Gasteiger partial charge in [0, 0.05) is 36.6 Å². The van der Waals surface area contributed by atoms with Crippen molar-refractivity contribution in [2.24, 2.45) is 17.8 Å². The van der Waals surface area contributed by atoms with Crippen LogP contribution in [0.15, 0.2) is 18.2 Å². The molecule has 0 unspecified atom stereocenters. The van der Waals surface area contributed by atoms with E-state index in [1.54, 1.807) is 6.07 Å². The highest BCUT2D eigenvalue weighted by molar-refractivity contribution is 6.30. The van der Waals surface area contributed by atoms with Gasteiger partial charge in [0.15, 0.2) is 0 Å². The van der Waals surface area contributed by atoms with Crippen molar-refractivity contribution >= 4 is 23.4 Å². The SMILES string of the molecule is CC(C)CC[C@H]1[C@H]2C[C@H](CN(C(=O)c3ccc(Cl)cc3F)C2)[C@@H]2CCCC(=O)N21. The van der Waals surface area contributed by atoms with Gasteiger partial charge >= 0.3 is 0 Å². The highest BCUT2D eigenvalue weighted by Gasteiger charge is 2.49. The lowest BCUT2D eigenvalue weighted by Crippen LogP contribution is -2.65. The van der Waals surface area contributed by atoms with Crippen molar-refractivity contribution in [2.45, 2.75) is 64.5 Å². The Kier molecular flexibility index (Phi) is 5.87. The summed E-state index contributed by atoms with van der Waals surface area (Å²) in [6, 6.07) is 4.66. The largest absolute Gasteiger partial charge is 0.338 e. The van der Waals surface area contributed by atoms with Gasteiger partial charge in [0.25, 0.3) is 5.91 Å². The fraction of sp³-hybridized carbons (Fsp3) is 0.652. The zero-order valence-electron chi connectivity index (χ0n) is 17.2. The molecule has 3 aliphatic heterocycles. The molecule has 2 amide bonds. The highest BCUT2D eigenvalue weighted by Crippen LogP contribution is 2.43. The van der Waals surface area contributed by atoms with Crippen molar-refractivity contribution in [1.82, 2.24) is 9.80 Å². The number of benzene rings is 1. The summed E-state index contributed by atoms with van der Waals surface area (Å²) < 4.78 is 14.4. The quantitative estimate of drug-likeness (QED) is 0.704. The Morgan fingerprint density at radius 2 is 2.03 bits per heavy atom. The van der Waals surface area contributed by atoms with Crippen molar-refractivity contribution in [3.8, 4) is 0 Å². The van der Waals surface area contributed by atoms with E-state index in [9.17, 15) is 14.0 Å². The molecule has 1 aromatic carbocycles. The smallest absolute Gasteiger partial charge is 0.256 e. The predicted octanol–water partition coefficient (Wildman–Crippen LogP) is 4.76. The van der Waals surface area contributed by atoms with Gasteiger partial charge in [0.05, 0.1) is 5.56 Å². The third-order valence-electron chi connectivity index (χ3n) is 6.99. The van der Waals surface area contributed by atoms with Crippen molar-refractivity contribution in [3.63, 3.8) is 0 Å². The lowest BCUT2D eigenvalue weighted by molar-refractivity contribution is -0.152. The van der Waals surface area contributed by atoms with Crippen LogP contribution < -0.4 is 0 Å². The van der Waals surface area contributed by atoms with E-state index in [-0.39, 0.29) is 41.3 Å². The number of fused-ring (bicyclic) bond motifs is 4. The second-order valence-electron chi connectivity index (χ2n) is 9.39. The molecule has 0 N–H and O–H groups in total. The standard InChI is InChI=1S/C23H30ClFN2O2/c1-14(2)6-9-21-16-10-15(20-4-3-5-22(28)27(20)21)12-26(13-16)23(29)18-8-7-17(24)11-19(18)25/h7-8,11,14-16,20-21H,3-6,9-10,12-13H2,1-2H3/t15-,16+,20+,21+/m1/s1. The van der Waals surface area contributed by atoms with Gasteiger partial charge in [-0.25, -0.2) is 4.39 Å². The molecular formula is C23H30ClFN2O2. The summed E-state index contributed by atoms with van der Waals surface area (Å²) >= 11 is 5.85. The maximum atomic E-state index is 14.4. The molecule has 29 heavy (non-hydrogen) atoms. The molecule has 0 saturated carbocycles. The van der Waals surface area contributed by atoms with Gasteiger partial charge in [-0.2, -0.15) is 0 Å². The van der Waals surface area contributed by atoms with Crippen LogP contribution in [-0.2, 0) is 4.79 Å². The monoisotopic (exact) mass is 420 g/mol. The van der Waals surface area contributed by atoms with Crippen LogP contribution in [0.3, 0.4) is 0 Å². The molecule has 4 rings (SSSR count). The lowest BCUT2D eigenvalue weighted by atomic mass is 9.70. The lowest BCUT2D eigenvalue weighted by Gasteiger charge is -2.56. The third kappa shape index (κ3) is 4.03. The molecule has 0 spiro atoms. The summed E-state index contributed by atoms with van der Waals surface area (Å²) in [4.78, 5) is 29.9. The van der Waals surface area contributed by atoms with E-state index < -0.39 is 5.82 Å². The number of carbonyl (C=O) groups excluding carboxylic acids is 2. The maximum Gasteiger partial charge on any atom is 0.256 e. The molecule has 3 fully saturated rings. The molecule has 3 saturated heterocycles. The molecule has 0 aliphatic carbocycles. The van der Waals surface area contributed by atoms with Crippen LogP contribution in [0.1, 0.15) is 62.7 Å². The van der Waals surface area contributed by atoms with Crippen LogP contribution in [-0.4, -0.2) is 46.8 Å². The average Bonchev–Trinajstić information content (AvgIpc) is 2.67. The average molecular weight is 421 g/mol. The number of likely N-dealkylation sites (tertiary alicyclic amines) is 1. The fourth-order valence-corrected chi connectivity index (χ4v) is 5.81. The van der Waals surface area contributed by atoms with Crippen molar-refractivity contribution in [3.05, 3.63) is 34.6 Å². The molecule has 3 aliphatic rings. The summed E-state index contributed by atoms with van der Waals surface area (Å²) in [6.45, 7) is 5.61. The Hall–Kier alpha value is -1.62. The summed E-state index contributed by atoms with van der Waals surface area (Å²) in [6.07, 6.45) is 5.70. The van der Waals surface area contributed by atoms with E-state index >= 15 is 0 Å². The summed E-state index contributed by atoms with van der Waals surface area (Å²) in [5, 5.41) is 0.291. The van der Waals surface area contributed by atoms with E-state index in [4.69, 9.17) is 11.6 Å². The Morgan fingerprint density at radius 1 is 1.28 bits per heavy atom. The Bertz CT molecular complexity index is 799. The Balaban J connectivity index is 1.59. The Morgan fingerprint density at radius 3 is 2.76 bits per heavy atom. The van der Waals surface area contributed by atoms with Gasteiger partial charge in [-0.1, -0.05) is 25.4 Å².